The molecule has 0 aliphatic rings. The molecule has 0 aliphatic carbocycles. The quantitative estimate of drug-likeness (QED) is 0.762. The molecule has 1 rings (SSSR count). The lowest BCUT2D eigenvalue weighted by atomic mass is 10.2. The van der Waals surface area contributed by atoms with E-state index in [4.69, 9.17) is 10.3 Å². The van der Waals surface area contributed by atoms with E-state index in [2.05, 4.69) is 15.9 Å². The zero-order valence-corrected chi connectivity index (χ0v) is 7.65. The third-order valence-corrected chi connectivity index (χ3v) is 2.20. The molecule has 12 heavy (non-hydrogen) atoms. The smallest absolute Gasteiger partial charge is 0.0713 e. The summed E-state index contributed by atoms with van der Waals surface area (Å²) >= 11 is 3.14. The van der Waals surface area contributed by atoms with Gasteiger partial charge in [0.05, 0.1) is 12.3 Å². The Morgan fingerprint density at radius 1 is 1.50 bits per heavy atom. The van der Waals surface area contributed by atoms with Crippen LogP contribution in [0.3, 0.4) is 0 Å². The second kappa shape index (κ2) is 3.86. The lowest BCUT2D eigenvalue weighted by Crippen LogP contribution is -2.10. The van der Waals surface area contributed by atoms with Crippen LogP contribution in [0.5, 0.6) is 0 Å². The maximum absolute atomic E-state index is 10.5. The van der Waals surface area contributed by atoms with E-state index >= 15 is 0 Å². The highest BCUT2D eigenvalue weighted by molar-refractivity contribution is 9.10. The molecule has 4 nitrogen and oxygen atoms in total. The van der Waals surface area contributed by atoms with Crippen LogP contribution in [-0.4, -0.2) is 10.3 Å². The third-order valence-electron chi connectivity index (χ3n) is 1.46. The van der Waals surface area contributed by atoms with Crippen molar-refractivity contribution in [2.24, 2.45) is 0 Å². The number of rotatable bonds is 2. The van der Waals surface area contributed by atoms with Gasteiger partial charge in [-0.2, -0.15) is 0 Å². The summed E-state index contributed by atoms with van der Waals surface area (Å²) in [6.07, 6.45) is 0. The summed E-state index contributed by atoms with van der Waals surface area (Å²) in [7, 11) is 0. The topological polar surface area (TPSA) is 66.8 Å². The molecular weight excluding hydrogens is 226 g/mol. The molecule has 0 fully saturated rings. The molecule has 0 atom stereocenters. The summed E-state index contributed by atoms with van der Waals surface area (Å²) in [5, 5.41) is 27.7. The van der Waals surface area contributed by atoms with Crippen LogP contribution in [0.15, 0.2) is 22.7 Å². The van der Waals surface area contributed by atoms with Crippen molar-refractivity contribution in [3.63, 3.8) is 0 Å². The predicted molar refractivity (Wildman–Crippen MR) is 47.7 cm³/mol. The molecular formula is C7H7BrNO3-. The maximum Gasteiger partial charge on any atom is 0.0713 e. The van der Waals surface area contributed by atoms with Gasteiger partial charge in [-0.25, -0.2) is 0 Å². The number of nitrogens with zero attached hydrogens (tertiary/aromatic N) is 1. The standard InChI is InChI=1S/C7H7BrNO3/c8-6-2-1-3-7(9(11)12)5(6)4-10/h1-3,10-11H,4H2/q-1. The van der Waals surface area contributed by atoms with Gasteiger partial charge in [-0.05, 0) is 12.1 Å². The Morgan fingerprint density at radius 2 is 2.17 bits per heavy atom. The van der Waals surface area contributed by atoms with Crippen LogP contribution in [0.25, 0.3) is 0 Å². The molecule has 0 radical (unpaired) electrons. The monoisotopic (exact) mass is 232 g/mol. The lowest BCUT2D eigenvalue weighted by Gasteiger charge is -2.24. The zero-order valence-electron chi connectivity index (χ0n) is 6.07. The van der Waals surface area contributed by atoms with Gasteiger partial charge in [-0.3, -0.25) is 5.21 Å². The van der Waals surface area contributed by atoms with Crippen molar-refractivity contribution in [2.45, 2.75) is 6.61 Å². The average molecular weight is 233 g/mol. The number of aliphatic hydroxyl groups excluding tert-OH is 1. The molecule has 0 saturated carbocycles. The lowest BCUT2D eigenvalue weighted by molar-refractivity contribution is 0.270. The van der Waals surface area contributed by atoms with Crippen LogP contribution in [0.4, 0.5) is 5.69 Å². The van der Waals surface area contributed by atoms with Crippen molar-refractivity contribution in [2.75, 3.05) is 5.23 Å². The van der Waals surface area contributed by atoms with Crippen LogP contribution in [0, 0.1) is 5.21 Å². The molecule has 1 aromatic carbocycles. The second-order valence-corrected chi connectivity index (χ2v) is 3.02. The van der Waals surface area contributed by atoms with Gasteiger partial charge in [0.2, 0.25) is 0 Å². The van der Waals surface area contributed by atoms with Crippen LogP contribution >= 0.6 is 15.9 Å². The van der Waals surface area contributed by atoms with Crippen molar-refractivity contribution < 1.29 is 10.3 Å². The summed E-state index contributed by atoms with van der Waals surface area (Å²) < 4.78 is 0.595. The predicted octanol–water partition coefficient (Wildman–Crippen LogP) is 1.63. The highest BCUT2D eigenvalue weighted by atomic mass is 79.9. The highest BCUT2D eigenvalue weighted by Crippen LogP contribution is 2.26. The minimum atomic E-state index is -0.296. The maximum atomic E-state index is 10.5. The van der Waals surface area contributed by atoms with Crippen molar-refractivity contribution in [1.82, 2.24) is 0 Å². The Bertz CT molecular complexity index is 277. The van der Waals surface area contributed by atoms with Gasteiger partial charge in [0, 0.05) is 10.0 Å². The normalized spacial score (nSPS) is 10.0. The number of halogens is 1. The molecule has 0 amide bonds. The van der Waals surface area contributed by atoms with Crippen LogP contribution in [-0.2, 0) is 6.61 Å². The van der Waals surface area contributed by atoms with Crippen molar-refractivity contribution in [3.8, 4) is 0 Å². The largest absolute Gasteiger partial charge is 0.733 e. The summed E-state index contributed by atoms with van der Waals surface area (Å²) in [5.74, 6) is 0. The first-order valence-corrected chi connectivity index (χ1v) is 4.00. The van der Waals surface area contributed by atoms with E-state index in [9.17, 15) is 5.21 Å². The SMILES string of the molecule is [O-]N(O)c1cccc(Br)c1CO. The fraction of sp³-hybridized carbons (Fsp3) is 0.143. The Labute approximate surface area is 77.7 Å². The van der Waals surface area contributed by atoms with Crippen LogP contribution in [0.1, 0.15) is 5.56 Å². The van der Waals surface area contributed by atoms with Gasteiger partial charge in [0.15, 0.2) is 0 Å². The van der Waals surface area contributed by atoms with Crippen molar-refractivity contribution >= 4 is 21.6 Å². The van der Waals surface area contributed by atoms with E-state index in [1.54, 1.807) is 12.1 Å². The minimum Gasteiger partial charge on any atom is -0.733 e. The molecule has 0 heterocycles. The Kier molecular flexibility index (Phi) is 3.05. The van der Waals surface area contributed by atoms with Gasteiger partial charge in [0.1, 0.15) is 0 Å². The summed E-state index contributed by atoms with van der Waals surface area (Å²) in [6, 6.07) is 4.70. The fourth-order valence-corrected chi connectivity index (χ4v) is 1.36. The van der Waals surface area contributed by atoms with Crippen molar-refractivity contribution in [3.05, 3.63) is 33.4 Å². The molecule has 0 aromatic heterocycles. The summed E-state index contributed by atoms with van der Waals surface area (Å²) in [4.78, 5) is 0. The number of hydrogen-bond donors (Lipinski definition) is 2. The molecule has 0 spiro atoms. The van der Waals surface area contributed by atoms with Gasteiger partial charge in [-0.1, -0.05) is 22.0 Å². The van der Waals surface area contributed by atoms with Crippen LogP contribution < -0.4 is 5.23 Å². The summed E-state index contributed by atoms with van der Waals surface area (Å²) in [5.41, 5.74) is 0.418. The number of anilines is 1. The van der Waals surface area contributed by atoms with Gasteiger partial charge in [-0.15, -0.1) is 0 Å². The number of hydrogen-bond acceptors (Lipinski definition) is 4. The number of benzene rings is 1. The molecule has 66 valence electrons. The fourth-order valence-electron chi connectivity index (χ4n) is 0.883. The molecule has 0 bridgehead atoms. The van der Waals surface area contributed by atoms with Gasteiger partial charge in [0.25, 0.3) is 0 Å². The second-order valence-electron chi connectivity index (χ2n) is 2.17. The highest BCUT2D eigenvalue weighted by Gasteiger charge is 2.04. The third kappa shape index (κ3) is 1.75. The zero-order chi connectivity index (χ0) is 9.14. The molecule has 0 aliphatic heterocycles. The first kappa shape index (κ1) is 9.47. The van der Waals surface area contributed by atoms with E-state index in [0.29, 0.717) is 10.0 Å². The Morgan fingerprint density at radius 3 is 2.58 bits per heavy atom. The molecule has 5 heteroatoms. The van der Waals surface area contributed by atoms with Crippen LogP contribution in [0.2, 0.25) is 0 Å². The first-order chi connectivity index (χ1) is 5.66. The van der Waals surface area contributed by atoms with E-state index < -0.39 is 0 Å². The van der Waals surface area contributed by atoms with E-state index in [0.717, 1.165) is 0 Å². The van der Waals surface area contributed by atoms with E-state index in [-0.39, 0.29) is 17.5 Å². The molecule has 2 N–H and O–H groups in total. The van der Waals surface area contributed by atoms with Gasteiger partial charge >= 0.3 is 0 Å². The molecule has 1 aromatic rings. The molecule has 0 saturated heterocycles. The Balaban J connectivity index is 3.18. The number of aliphatic hydroxyl groups is 1. The van der Waals surface area contributed by atoms with E-state index in [1.807, 2.05) is 0 Å². The minimum absolute atomic E-state index is 0.0480. The summed E-state index contributed by atoms with van der Waals surface area (Å²) in [6.45, 7) is -0.296. The average Bonchev–Trinajstić information content (AvgIpc) is 2.03. The van der Waals surface area contributed by atoms with Crippen molar-refractivity contribution in [1.29, 1.82) is 0 Å². The Hall–Kier alpha value is -0.620. The van der Waals surface area contributed by atoms with Gasteiger partial charge < -0.3 is 15.5 Å². The first-order valence-electron chi connectivity index (χ1n) is 3.21. The van der Waals surface area contributed by atoms with E-state index in [1.165, 1.54) is 6.07 Å². The molecule has 0 unspecified atom stereocenters.